The van der Waals surface area contributed by atoms with Crippen molar-refractivity contribution in [1.29, 1.82) is 0 Å². The van der Waals surface area contributed by atoms with Gasteiger partial charge >= 0.3 is 0 Å². The lowest BCUT2D eigenvalue weighted by molar-refractivity contribution is 0.0999. The lowest BCUT2D eigenvalue weighted by Crippen LogP contribution is -2.55. The predicted molar refractivity (Wildman–Crippen MR) is 76.5 cm³/mol. The molecule has 5 nitrogen and oxygen atoms in total. The minimum atomic E-state index is -0.404. The molecule has 2 heterocycles. The molecule has 1 fully saturated rings. The summed E-state index contributed by atoms with van der Waals surface area (Å²) in [6, 6.07) is 2.68. The normalized spacial score (nSPS) is 23.5. The predicted octanol–water partition coefficient (Wildman–Crippen LogP) is 0.984. The molecule has 0 spiro atoms. The molecule has 0 aromatic carbocycles. The number of primary amides is 1. The number of nitrogens with two attached hydrogens (primary N) is 1. The molecule has 1 aromatic heterocycles. The molecular formula is C14H22N4O. The quantitative estimate of drug-likeness (QED) is 0.833. The van der Waals surface area contributed by atoms with Crippen molar-refractivity contribution >= 4 is 11.6 Å². The number of nitrogens with zero attached hydrogens (tertiary/aromatic N) is 2. The monoisotopic (exact) mass is 262 g/mol. The van der Waals surface area contributed by atoms with Crippen molar-refractivity contribution in [2.24, 2.45) is 5.73 Å². The minimum absolute atomic E-state index is 0.329. The van der Waals surface area contributed by atoms with Crippen LogP contribution in [0.5, 0.6) is 0 Å². The molecule has 0 aliphatic carbocycles. The zero-order valence-corrected chi connectivity index (χ0v) is 12.0. The number of rotatable bonds is 2. The summed E-state index contributed by atoms with van der Waals surface area (Å²) in [4.78, 5) is 18.3. The minimum Gasteiger partial charge on any atom is -0.365 e. The number of carbonyl (C=O) groups is 1. The van der Waals surface area contributed by atoms with E-state index < -0.39 is 5.91 Å². The highest BCUT2D eigenvalue weighted by molar-refractivity contribution is 5.99. The van der Waals surface area contributed by atoms with Crippen LogP contribution in [-0.2, 0) is 0 Å². The van der Waals surface area contributed by atoms with E-state index in [0.717, 1.165) is 24.5 Å². The van der Waals surface area contributed by atoms with Gasteiger partial charge in [0.15, 0.2) is 0 Å². The third kappa shape index (κ3) is 2.71. The highest BCUT2D eigenvalue weighted by atomic mass is 16.1. The Balaban J connectivity index is 2.50. The maximum absolute atomic E-state index is 11.7. The van der Waals surface area contributed by atoms with Gasteiger partial charge in [0, 0.05) is 30.9 Å². The number of pyridine rings is 1. The molecule has 1 saturated heterocycles. The van der Waals surface area contributed by atoms with Crippen molar-refractivity contribution in [1.82, 2.24) is 10.3 Å². The molecule has 3 N–H and O–H groups in total. The van der Waals surface area contributed by atoms with Crippen molar-refractivity contribution in [3.63, 3.8) is 0 Å². The van der Waals surface area contributed by atoms with Crippen molar-refractivity contribution in [3.8, 4) is 0 Å². The van der Waals surface area contributed by atoms with Crippen molar-refractivity contribution < 1.29 is 4.79 Å². The van der Waals surface area contributed by atoms with E-state index in [-0.39, 0.29) is 0 Å². The Hall–Kier alpha value is -1.62. The molecule has 1 aliphatic heterocycles. The van der Waals surface area contributed by atoms with Gasteiger partial charge in [0.25, 0.3) is 5.91 Å². The Labute approximate surface area is 114 Å². The lowest BCUT2D eigenvalue weighted by atomic mass is 10.0. The third-order valence-corrected chi connectivity index (χ3v) is 3.63. The summed E-state index contributed by atoms with van der Waals surface area (Å²) in [7, 11) is 0. The van der Waals surface area contributed by atoms with Gasteiger partial charge in [0.1, 0.15) is 0 Å². The molecule has 1 aliphatic rings. The Kier molecular flexibility index (Phi) is 3.75. The van der Waals surface area contributed by atoms with E-state index in [1.54, 1.807) is 0 Å². The maximum atomic E-state index is 11.7. The Morgan fingerprint density at radius 1 is 1.47 bits per heavy atom. The average Bonchev–Trinajstić information content (AvgIpc) is 2.30. The molecule has 2 rings (SSSR count). The molecule has 0 saturated carbocycles. The molecule has 1 aromatic rings. The average molecular weight is 262 g/mol. The molecule has 2 unspecified atom stereocenters. The van der Waals surface area contributed by atoms with Crippen LogP contribution >= 0.6 is 0 Å². The molecule has 1 amide bonds. The fraction of sp³-hybridized carbons (Fsp3) is 0.571. The zero-order valence-electron chi connectivity index (χ0n) is 12.0. The first kappa shape index (κ1) is 13.8. The summed E-state index contributed by atoms with van der Waals surface area (Å²) in [5.41, 5.74) is 8.62. The topological polar surface area (TPSA) is 71.2 Å². The van der Waals surface area contributed by atoms with Crippen molar-refractivity contribution in [2.75, 3.05) is 18.0 Å². The van der Waals surface area contributed by atoms with Gasteiger partial charge in [-0.3, -0.25) is 9.78 Å². The third-order valence-electron chi connectivity index (χ3n) is 3.63. The number of amides is 1. The van der Waals surface area contributed by atoms with Crippen LogP contribution in [0.15, 0.2) is 6.07 Å². The summed E-state index contributed by atoms with van der Waals surface area (Å²) in [6.07, 6.45) is 0. The molecule has 104 valence electrons. The highest BCUT2D eigenvalue weighted by Crippen LogP contribution is 2.26. The second-order valence-corrected chi connectivity index (χ2v) is 5.42. The molecule has 0 radical (unpaired) electrons. The van der Waals surface area contributed by atoms with Crippen LogP contribution in [0.25, 0.3) is 0 Å². The van der Waals surface area contributed by atoms with E-state index >= 15 is 0 Å². The zero-order chi connectivity index (χ0) is 14.2. The molecular weight excluding hydrogens is 240 g/mol. The summed E-state index contributed by atoms with van der Waals surface area (Å²) < 4.78 is 0. The van der Waals surface area contributed by atoms with Gasteiger partial charge in [-0.05, 0) is 33.8 Å². The van der Waals surface area contributed by atoms with E-state index in [4.69, 9.17) is 5.73 Å². The van der Waals surface area contributed by atoms with Gasteiger partial charge in [0.05, 0.1) is 16.9 Å². The summed E-state index contributed by atoms with van der Waals surface area (Å²) in [6.45, 7) is 9.84. The number of aryl methyl sites for hydroxylation is 2. The fourth-order valence-electron chi connectivity index (χ4n) is 2.70. The first-order valence-corrected chi connectivity index (χ1v) is 6.68. The first-order valence-electron chi connectivity index (χ1n) is 6.68. The second kappa shape index (κ2) is 5.17. The van der Waals surface area contributed by atoms with Crippen LogP contribution in [0.2, 0.25) is 0 Å². The van der Waals surface area contributed by atoms with Gasteiger partial charge < -0.3 is 16.0 Å². The first-order chi connectivity index (χ1) is 8.90. The van der Waals surface area contributed by atoms with E-state index in [1.165, 1.54) is 0 Å². The molecule has 5 heteroatoms. The van der Waals surface area contributed by atoms with Crippen LogP contribution in [0.3, 0.4) is 0 Å². The van der Waals surface area contributed by atoms with Gasteiger partial charge in [0.2, 0.25) is 0 Å². The van der Waals surface area contributed by atoms with Gasteiger partial charge in [-0.1, -0.05) is 0 Å². The SMILES string of the molecule is Cc1cc(N2CC(C)NCC2C)c(C(N)=O)c(C)n1. The number of aromatic nitrogens is 1. The number of anilines is 1. The maximum Gasteiger partial charge on any atom is 0.252 e. The Bertz CT molecular complexity index is 500. The number of carbonyl (C=O) groups excluding carboxylic acids is 1. The van der Waals surface area contributed by atoms with Gasteiger partial charge in [-0.2, -0.15) is 0 Å². The van der Waals surface area contributed by atoms with E-state index in [1.807, 2.05) is 19.9 Å². The summed E-state index contributed by atoms with van der Waals surface area (Å²) in [5, 5.41) is 3.44. The smallest absolute Gasteiger partial charge is 0.252 e. The van der Waals surface area contributed by atoms with Crippen LogP contribution in [0.4, 0.5) is 5.69 Å². The van der Waals surface area contributed by atoms with Crippen LogP contribution < -0.4 is 16.0 Å². The number of nitrogens with one attached hydrogen (secondary N) is 1. The summed E-state index contributed by atoms with van der Waals surface area (Å²) >= 11 is 0. The standard InChI is InChI=1S/C14H22N4O/c1-8-5-12(13(14(15)19)11(4)17-8)18-7-9(2)16-6-10(18)3/h5,9-10,16H,6-7H2,1-4H3,(H2,15,19). The molecule has 0 bridgehead atoms. The van der Waals surface area contributed by atoms with E-state index in [9.17, 15) is 4.79 Å². The van der Waals surface area contributed by atoms with Crippen LogP contribution in [0, 0.1) is 13.8 Å². The lowest BCUT2D eigenvalue weighted by Gasteiger charge is -2.40. The van der Waals surface area contributed by atoms with Crippen LogP contribution in [-0.4, -0.2) is 36.1 Å². The summed E-state index contributed by atoms with van der Waals surface area (Å²) in [5.74, 6) is -0.404. The second-order valence-electron chi connectivity index (χ2n) is 5.42. The van der Waals surface area contributed by atoms with E-state index in [2.05, 4.69) is 29.0 Å². The molecule has 19 heavy (non-hydrogen) atoms. The number of hydrogen-bond donors (Lipinski definition) is 2. The van der Waals surface area contributed by atoms with Crippen molar-refractivity contribution in [2.45, 2.75) is 39.8 Å². The number of piperazine rings is 1. The van der Waals surface area contributed by atoms with Gasteiger partial charge in [-0.15, -0.1) is 0 Å². The Morgan fingerprint density at radius 3 is 2.79 bits per heavy atom. The largest absolute Gasteiger partial charge is 0.365 e. The van der Waals surface area contributed by atoms with E-state index in [0.29, 0.717) is 23.3 Å². The Morgan fingerprint density at radius 2 is 2.16 bits per heavy atom. The van der Waals surface area contributed by atoms with Crippen molar-refractivity contribution in [3.05, 3.63) is 23.0 Å². The van der Waals surface area contributed by atoms with Crippen LogP contribution in [0.1, 0.15) is 35.6 Å². The molecule has 2 atom stereocenters. The van der Waals surface area contributed by atoms with Gasteiger partial charge in [-0.25, -0.2) is 0 Å². The number of hydrogen-bond acceptors (Lipinski definition) is 4. The fourth-order valence-corrected chi connectivity index (χ4v) is 2.70. The highest BCUT2D eigenvalue weighted by Gasteiger charge is 2.27.